The van der Waals surface area contributed by atoms with Gasteiger partial charge in [0, 0.05) is 42.1 Å². The molecule has 1 aliphatic heterocycles. The van der Waals surface area contributed by atoms with E-state index in [1.54, 1.807) is 0 Å². The number of sulfonamides is 1. The summed E-state index contributed by atoms with van der Waals surface area (Å²) in [4.78, 5) is 3.33. The van der Waals surface area contributed by atoms with Gasteiger partial charge in [-0.15, -0.1) is 11.3 Å². The minimum Gasteiger partial charge on any atom is -0.329 e. The minimum absolute atomic E-state index is 0.0884. The highest BCUT2D eigenvalue weighted by Crippen LogP contribution is 2.37. The summed E-state index contributed by atoms with van der Waals surface area (Å²) in [7, 11) is -3.10. The summed E-state index contributed by atoms with van der Waals surface area (Å²) in [6, 6.07) is 2.08. The molecule has 2 rings (SSSR count). The van der Waals surface area contributed by atoms with Crippen LogP contribution in [0.2, 0.25) is 4.34 Å². The summed E-state index contributed by atoms with van der Waals surface area (Å²) in [6.07, 6.45) is 1.25. The van der Waals surface area contributed by atoms with E-state index in [1.807, 2.05) is 6.07 Å². The van der Waals surface area contributed by atoms with Crippen molar-refractivity contribution in [2.24, 2.45) is 5.73 Å². The Morgan fingerprint density at radius 1 is 1.45 bits per heavy atom. The lowest BCUT2D eigenvalue weighted by molar-refractivity contribution is 0.142. The monoisotopic (exact) mass is 401 g/mol. The van der Waals surface area contributed by atoms with E-state index in [-0.39, 0.29) is 6.04 Å². The number of nitrogens with zero attached hydrogens (tertiary/aromatic N) is 2. The molecule has 0 aliphatic carbocycles. The van der Waals surface area contributed by atoms with Crippen LogP contribution in [0.15, 0.2) is 10.5 Å². The third-order valence-corrected chi connectivity index (χ3v) is 7.28. The number of hydrogen-bond donors (Lipinski definition) is 1. The van der Waals surface area contributed by atoms with Crippen molar-refractivity contribution in [3.8, 4) is 0 Å². The van der Waals surface area contributed by atoms with Gasteiger partial charge in [-0.05, 0) is 22.0 Å². The van der Waals surface area contributed by atoms with Crippen LogP contribution in [0.5, 0.6) is 0 Å². The number of piperazine rings is 1. The molecule has 1 saturated heterocycles. The van der Waals surface area contributed by atoms with Crippen LogP contribution in [0.3, 0.4) is 0 Å². The number of halogens is 2. The van der Waals surface area contributed by atoms with Gasteiger partial charge in [0.2, 0.25) is 10.0 Å². The molecule has 2 N–H and O–H groups in total. The van der Waals surface area contributed by atoms with Crippen LogP contribution in [-0.2, 0) is 10.0 Å². The summed E-state index contributed by atoms with van der Waals surface area (Å²) in [6.45, 7) is 2.87. The Morgan fingerprint density at radius 3 is 2.45 bits per heavy atom. The fraction of sp³-hybridized carbons (Fsp3) is 0.636. The largest absolute Gasteiger partial charge is 0.329 e. The van der Waals surface area contributed by atoms with Crippen molar-refractivity contribution < 1.29 is 8.42 Å². The van der Waals surface area contributed by atoms with E-state index in [4.69, 9.17) is 17.3 Å². The lowest BCUT2D eigenvalue weighted by Crippen LogP contribution is -2.50. The molecule has 9 heteroatoms. The fourth-order valence-electron chi connectivity index (χ4n) is 2.32. The molecule has 0 spiro atoms. The zero-order chi connectivity index (χ0) is 14.9. The molecule has 1 fully saturated rings. The van der Waals surface area contributed by atoms with Gasteiger partial charge in [0.05, 0.1) is 12.3 Å². The molecule has 1 aromatic rings. The predicted molar refractivity (Wildman–Crippen MR) is 86.8 cm³/mol. The average molecular weight is 403 g/mol. The molecule has 1 unspecified atom stereocenters. The summed E-state index contributed by atoms with van der Waals surface area (Å²) in [5.41, 5.74) is 5.89. The highest BCUT2D eigenvalue weighted by atomic mass is 79.9. The van der Waals surface area contributed by atoms with Gasteiger partial charge >= 0.3 is 0 Å². The molecule has 1 aliphatic rings. The van der Waals surface area contributed by atoms with Crippen LogP contribution in [0.4, 0.5) is 0 Å². The van der Waals surface area contributed by atoms with E-state index < -0.39 is 10.0 Å². The van der Waals surface area contributed by atoms with Gasteiger partial charge < -0.3 is 5.73 Å². The van der Waals surface area contributed by atoms with Crippen molar-refractivity contribution in [2.75, 3.05) is 39.0 Å². The zero-order valence-electron chi connectivity index (χ0n) is 11.1. The molecule has 114 valence electrons. The van der Waals surface area contributed by atoms with E-state index in [9.17, 15) is 8.42 Å². The number of thiophene rings is 1. The van der Waals surface area contributed by atoms with Gasteiger partial charge in [0.1, 0.15) is 4.34 Å². The molecular formula is C11H17BrClN3O2S2. The number of hydrogen-bond acceptors (Lipinski definition) is 5. The molecule has 0 bridgehead atoms. The molecule has 5 nitrogen and oxygen atoms in total. The molecule has 0 aromatic carbocycles. The molecule has 1 aromatic heterocycles. The first kappa shape index (κ1) is 16.7. The van der Waals surface area contributed by atoms with E-state index >= 15 is 0 Å². The number of nitrogens with two attached hydrogens (primary N) is 1. The van der Waals surface area contributed by atoms with Gasteiger partial charge in [-0.3, -0.25) is 4.90 Å². The SMILES string of the molecule is CS(=O)(=O)N1CCN(C(CN)c2cc(Br)c(Cl)s2)CC1. The first-order valence-corrected chi connectivity index (χ1v) is 10.0. The standard InChI is InChI=1S/C11H17BrClN3O2S2/c1-20(17,18)16-4-2-15(3-5-16)9(7-14)10-6-8(12)11(13)19-10/h6,9H,2-5,7,14H2,1H3. The van der Waals surface area contributed by atoms with Crippen LogP contribution in [0, 0.1) is 0 Å². The lowest BCUT2D eigenvalue weighted by Gasteiger charge is -2.37. The fourth-order valence-corrected chi connectivity index (χ4v) is 5.03. The third kappa shape index (κ3) is 3.73. The Bertz CT molecular complexity index is 551. The summed E-state index contributed by atoms with van der Waals surface area (Å²) < 4.78 is 26.1. The highest BCUT2D eigenvalue weighted by molar-refractivity contribution is 9.10. The Kier molecular flexibility index (Phi) is 5.50. The topological polar surface area (TPSA) is 66.6 Å². The maximum atomic E-state index is 11.5. The molecule has 20 heavy (non-hydrogen) atoms. The smallest absolute Gasteiger partial charge is 0.211 e. The van der Waals surface area contributed by atoms with Crippen molar-refractivity contribution in [3.63, 3.8) is 0 Å². The molecule has 0 radical (unpaired) electrons. The minimum atomic E-state index is -3.10. The Hall–Kier alpha value is 0.300. The van der Waals surface area contributed by atoms with Crippen LogP contribution in [0.25, 0.3) is 0 Å². The molecular weight excluding hydrogens is 386 g/mol. The summed E-state index contributed by atoms with van der Waals surface area (Å²) in [5.74, 6) is 0. The van der Waals surface area contributed by atoms with Crippen molar-refractivity contribution >= 4 is 48.9 Å². The first-order valence-electron chi connectivity index (χ1n) is 6.17. The van der Waals surface area contributed by atoms with E-state index in [0.717, 1.165) is 9.35 Å². The molecule has 0 amide bonds. The molecule has 1 atom stereocenters. The maximum absolute atomic E-state index is 11.5. The van der Waals surface area contributed by atoms with Crippen LogP contribution in [-0.4, -0.2) is 56.6 Å². The van der Waals surface area contributed by atoms with Crippen molar-refractivity contribution in [3.05, 3.63) is 19.8 Å². The van der Waals surface area contributed by atoms with Gasteiger partial charge in [-0.1, -0.05) is 11.6 Å². The number of rotatable bonds is 4. The highest BCUT2D eigenvalue weighted by Gasteiger charge is 2.28. The molecule has 0 saturated carbocycles. The van der Waals surface area contributed by atoms with Crippen LogP contribution >= 0.6 is 38.9 Å². The van der Waals surface area contributed by atoms with Crippen LogP contribution < -0.4 is 5.73 Å². The van der Waals surface area contributed by atoms with Gasteiger partial charge in [-0.25, -0.2) is 8.42 Å². The Balaban J connectivity index is 2.07. The van der Waals surface area contributed by atoms with Gasteiger partial charge in [0.15, 0.2) is 0 Å². The third-order valence-electron chi connectivity index (χ3n) is 3.40. The second-order valence-electron chi connectivity index (χ2n) is 4.72. The summed E-state index contributed by atoms with van der Waals surface area (Å²) >= 11 is 11.0. The average Bonchev–Trinajstić information content (AvgIpc) is 2.70. The second kappa shape index (κ2) is 6.60. The van der Waals surface area contributed by atoms with E-state index in [2.05, 4.69) is 20.8 Å². The van der Waals surface area contributed by atoms with Gasteiger partial charge in [0.25, 0.3) is 0 Å². The van der Waals surface area contributed by atoms with Crippen LogP contribution in [0.1, 0.15) is 10.9 Å². The van der Waals surface area contributed by atoms with Crippen molar-refractivity contribution in [1.82, 2.24) is 9.21 Å². The quantitative estimate of drug-likeness (QED) is 0.833. The Labute approximate surface area is 136 Å². The van der Waals surface area contributed by atoms with Gasteiger partial charge in [-0.2, -0.15) is 4.31 Å². The lowest BCUT2D eigenvalue weighted by atomic mass is 10.2. The zero-order valence-corrected chi connectivity index (χ0v) is 15.0. The summed E-state index contributed by atoms with van der Waals surface area (Å²) in [5, 5.41) is 0. The van der Waals surface area contributed by atoms with E-state index in [1.165, 1.54) is 21.9 Å². The Morgan fingerprint density at radius 2 is 2.05 bits per heavy atom. The first-order chi connectivity index (χ1) is 9.32. The molecule has 2 heterocycles. The van der Waals surface area contributed by atoms with Crippen molar-refractivity contribution in [1.29, 1.82) is 0 Å². The van der Waals surface area contributed by atoms with Crippen molar-refractivity contribution in [2.45, 2.75) is 6.04 Å². The second-order valence-corrected chi connectivity index (χ2v) is 9.24. The van der Waals surface area contributed by atoms with E-state index in [0.29, 0.717) is 37.1 Å². The normalized spacial score (nSPS) is 20.2. The maximum Gasteiger partial charge on any atom is 0.211 e. The predicted octanol–water partition coefficient (Wildman–Crippen LogP) is 1.74.